The number of nitrogens with zero attached hydrogens (tertiary/aromatic N) is 1. The highest BCUT2D eigenvalue weighted by molar-refractivity contribution is 5.77. The Morgan fingerprint density at radius 2 is 1.81 bits per heavy atom. The minimum absolute atomic E-state index is 0.000177. The van der Waals surface area contributed by atoms with Gasteiger partial charge in [0.25, 0.3) is 0 Å². The molecule has 0 saturated carbocycles. The summed E-state index contributed by atoms with van der Waals surface area (Å²) in [5.74, 6) is 0.746. The molecule has 0 aliphatic carbocycles. The van der Waals surface area contributed by atoms with E-state index in [9.17, 15) is 13.6 Å². The highest BCUT2D eigenvalue weighted by Gasteiger charge is 2.32. The normalized spacial score (nSPS) is 18.5. The molecule has 4 nitrogen and oxygen atoms in total. The summed E-state index contributed by atoms with van der Waals surface area (Å²) >= 11 is 0. The first-order chi connectivity index (χ1) is 15.5. The van der Waals surface area contributed by atoms with Crippen molar-refractivity contribution in [1.29, 1.82) is 0 Å². The average molecular weight is 445 g/mol. The third-order valence-corrected chi connectivity index (χ3v) is 5.89. The number of aryl methyl sites for hydroxylation is 1. The Bertz CT molecular complexity index is 840. The van der Waals surface area contributed by atoms with E-state index in [0.29, 0.717) is 44.9 Å². The summed E-state index contributed by atoms with van der Waals surface area (Å²) in [4.78, 5) is 15.1. The minimum atomic E-state index is -0.470. The molecule has 6 heteroatoms. The van der Waals surface area contributed by atoms with Crippen LogP contribution in [0, 0.1) is 17.7 Å². The number of hydrogen-bond acceptors (Lipinski definition) is 3. The average Bonchev–Trinajstić information content (AvgIpc) is 2.81. The fourth-order valence-corrected chi connectivity index (χ4v) is 4.06. The van der Waals surface area contributed by atoms with E-state index in [1.165, 1.54) is 12.1 Å². The van der Waals surface area contributed by atoms with Gasteiger partial charge in [0.15, 0.2) is 0 Å². The molecule has 2 aromatic carbocycles. The van der Waals surface area contributed by atoms with Crippen LogP contribution in [0.1, 0.15) is 37.8 Å². The molecular formula is C26H34F2N2O2. The van der Waals surface area contributed by atoms with Gasteiger partial charge in [-0.05, 0) is 60.7 Å². The number of hydrogen-bond donors (Lipinski definition) is 1. The monoisotopic (exact) mass is 444 g/mol. The molecule has 0 aromatic heterocycles. The van der Waals surface area contributed by atoms with Crippen LogP contribution < -0.4 is 10.1 Å². The van der Waals surface area contributed by atoms with Gasteiger partial charge in [-0.2, -0.15) is 0 Å². The van der Waals surface area contributed by atoms with Crippen molar-refractivity contribution in [2.24, 2.45) is 11.8 Å². The van der Waals surface area contributed by atoms with E-state index in [1.54, 1.807) is 17.0 Å². The maximum absolute atomic E-state index is 13.7. The van der Waals surface area contributed by atoms with Crippen molar-refractivity contribution in [2.45, 2.75) is 45.7 Å². The number of halogens is 2. The number of ether oxygens (including phenoxy) is 1. The maximum atomic E-state index is 13.7. The Morgan fingerprint density at radius 1 is 1.12 bits per heavy atom. The van der Waals surface area contributed by atoms with E-state index in [2.05, 4.69) is 19.2 Å². The number of rotatable bonds is 10. The van der Waals surface area contributed by atoms with Crippen molar-refractivity contribution in [3.63, 3.8) is 0 Å². The first kappa shape index (κ1) is 24.2. The van der Waals surface area contributed by atoms with Gasteiger partial charge in [0.05, 0.1) is 13.3 Å². The van der Waals surface area contributed by atoms with E-state index in [0.717, 1.165) is 23.4 Å². The smallest absolute Gasteiger partial charge is 0.223 e. The van der Waals surface area contributed by atoms with Crippen molar-refractivity contribution in [1.82, 2.24) is 10.2 Å². The van der Waals surface area contributed by atoms with Gasteiger partial charge in [0.1, 0.15) is 11.6 Å². The van der Waals surface area contributed by atoms with Crippen LogP contribution in [-0.2, 0) is 17.8 Å². The van der Waals surface area contributed by atoms with Crippen LogP contribution in [0.15, 0.2) is 48.5 Å². The van der Waals surface area contributed by atoms with E-state index < -0.39 is 6.67 Å². The second-order valence-electron chi connectivity index (χ2n) is 8.97. The fourth-order valence-electron chi connectivity index (χ4n) is 4.06. The van der Waals surface area contributed by atoms with Crippen LogP contribution in [0.4, 0.5) is 8.78 Å². The topological polar surface area (TPSA) is 41.6 Å². The van der Waals surface area contributed by atoms with Gasteiger partial charge < -0.3 is 15.0 Å². The number of amides is 1. The summed E-state index contributed by atoms with van der Waals surface area (Å²) in [5, 5.41) is 3.22. The highest BCUT2D eigenvalue weighted by Crippen LogP contribution is 2.23. The van der Waals surface area contributed by atoms with Crippen LogP contribution in [0.25, 0.3) is 0 Å². The van der Waals surface area contributed by atoms with Gasteiger partial charge in [-0.3, -0.25) is 9.18 Å². The molecule has 32 heavy (non-hydrogen) atoms. The van der Waals surface area contributed by atoms with Gasteiger partial charge in [-0.15, -0.1) is 0 Å². The lowest BCUT2D eigenvalue weighted by molar-refractivity contribution is -0.136. The summed E-state index contributed by atoms with van der Waals surface area (Å²) in [7, 11) is 0. The molecule has 3 rings (SSSR count). The predicted molar refractivity (Wildman–Crippen MR) is 123 cm³/mol. The zero-order valence-corrected chi connectivity index (χ0v) is 19.0. The van der Waals surface area contributed by atoms with Crippen molar-refractivity contribution in [2.75, 3.05) is 26.4 Å². The van der Waals surface area contributed by atoms with E-state index in [1.807, 2.05) is 24.3 Å². The molecule has 1 N–H and O–H groups in total. The molecule has 1 aliphatic heterocycles. The number of carbonyl (C=O) groups is 1. The summed E-state index contributed by atoms with van der Waals surface area (Å²) in [6.45, 7) is 6.09. The van der Waals surface area contributed by atoms with Gasteiger partial charge in [0, 0.05) is 31.5 Å². The molecule has 1 aliphatic rings. The SMILES string of the molecule is CC(C)COc1ccc(CCC(=O)N(Cc2ccc(F)cc2)[C@@H]2CCNC[C@@H]2CF)cc1. The van der Waals surface area contributed by atoms with E-state index in [4.69, 9.17) is 4.74 Å². The summed E-state index contributed by atoms with van der Waals surface area (Å²) < 4.78 is 32.8. The first-order valence-electron chi connectivity index (χ1n) is 11.5. The zero-order valence-electron chi connectivity index (χ0n) is 19.0. The predicted octanol–water partition coefficient (Wildman–Crippen LogP) is 4.77. The van der Waals surface area contributed by atoms with Crippen molar-refractivity contribution >= 4 is 5.91 Å². The molecule has 1 fully saturated rings. The second kappa shape index (κ2) is 12.0. The zero-order chi connectivity index (χ0) is 22.9. The van der Waals surface area contributed by atoms with Gasteiger partial charge in [-0.1, -0.05) is 38.1 Å². The Kier molecular flexibility index (Phi) is 9.03. The molecule has 174 valence electrons. The summed E-state index contributed by atoms with van der Waals surface area (Å²) in [6, 6.07) is 13.9. The van der Waals surface area contributed by atoms with Crippen LogP contribution in [0.2, 0.25) is 0 Å². The third-order valence-electron chi connectivity index (χ3n) is 5.89. The first-order valence-corrected chi connectivity index (χ1v) is 11.5. The Labute approximate surface area is 190 Å². The molecule has 1 heterocycles. The fraction of sp³-hybridized carbons (Fsp3) is 0.500. The van der Waals surface area contributed by atoms with Gasteiger partial charge in [0.2, 0.25) is 5.91 Å². The largest absolute Gasteiger partial charge is 0.493 e. The Balaban J connectivity index is 1.66. The minimum Gasteiger partial charge on any atom is -0.493 e. The lowest BCUT2D eigenvalue weighted by atomic mass is 9.92. The van der Waals surface area contributed by atoms with Crippen LogP contribution >= 0.6 is 0 Å². The Morgan fingerprint density at radius 3 is 2.47 bits per heavy atom. The molecule has 2 aromatic rings. The molecule has 2 atom stereocenters. The molecule has 0 unspecified atom stereocenters. The number of benzene rings is 2. The summed E-state index contributed by atoms with van der Waals surface area (Å²) in [6.07, 6.45) is 1.66. The lowest BCUT2D eigenvalue weighted by Crippen LogP contribution is -2.52. The lowest BCUT2D eigenvalue weighted by Gasteiger charge is -2.39. The Hall–Kier alpha value is -2.47. The molecule has 0 radical (unpaired) electrons. The van der Waals surface area contributed by atoms with Crippen LogP contribution in [-0.4, -0.2) is 43.2 Å². The molecule has 1 amide bonds. The van der Waals surface area contributed by atoms with Crippen molar-refractivity contribution < 1.29 is 18.3 Å². The van der Waals surface area contributed by atoms with Gasteiger partial charge >= 0.3 is 0 Å². The number of carbonyl (C=O) groups excluding carboxylic acids is 1. The van der Waals surface area contributed by atoms with E-state index >= 15 is 0 Å². The molecule has 1 saturated heterocycles. The number of alkyl halides is 1. The quantitative estimate of drug-likeness (QED) is 0.574. The molecule has 0 spiro atoms. The maximum Gasteiger partial charge on any atom is 0.223 e. The number of piperidine rings is 1. The standard InChI is InChI=1S/C26H34F2N2O2/c1-19(2)18-32-24-10-5-20(6-11-24)7-12-26(31)30(17-21-3-8-23(28)9-4-21)25-13-14-29-16-22(25)15-27/h3-6,8-11,19,22,25,29H,7,12-18H2,1-2H3/t22-,25+/m0/s1. The third kappa shape index (κ3) is 7.02. The van der Waals surface area contributed by atoms with E-state index in [-0.39, 0.29) is 23.7 Å². The van der Waals surface area contributed by atoms with Crippen LogP contribution in [0.3, 0.4) is 0 Å². The van der Waals surface area contributed by atoms with Crippen molar-refractivity contribution in [3.05, 3.63) is 65.5 Å². The molecule has 0 bridgehead atoms. The van der Waals surface area contributed by atoms with Crippen molar-refractivity contribution in [3.8, 4) is 5.75 Å². The van der Waals surface area contributed by atoms with Crippen LogP contribution in [0.5, 0.6) is 5.75 Å². The van der Waals surface area contributed by atoms with Gasteiger partial charge in [-0.25, -0.2) is 4.39 Å². The molecular weight excluding hydrogens is 410 g/mol. The summed E-state index contributed by atoms with van der Waals surface area (Å²) in [5.41, 5.74) is 1.91. The highest BCUT2D eigenvalue weighted by atomic mass is 19.1. The number of nitrogens with one attached hydrogen (secondary N) is 1. The second-order valence-corrected chi connectivity index (χ2v) is 8.97.